The van der Waals surface area contributed by atoms with Crippen LogP contribution in [0.4, 0.5) is 0 Å². The zero-order valence-electron chi connectivity index (χ0n) is 13.7. The van der Waals surface area contributed by atoms with Crippen molar-refractivity contribution < 1.29 is 9.53 Å². The largest absolute Gasteiger partial charge is 0.465 e. The maximum Gasteiger partial charge on any atom is 0.326 e. The first kappa shape index (κ1) is 15.7. The fraction of sp³-hybridized carbons (Fsp3) is 0.625. The first-order chi connectivity index (χ1) is 11.6. The molecular weight excluding hydrogens is 326 g/mol. The standard InChI is InChI=1S/C16H21N5O2S/c1-2-23-14(22)16(9-15(10-16)6-3-7-15)17-8-11-4-5-12(24-11)13-18-20-21-19-13/h4-5,17H,2-3,6-10H2,1H3,(H,18,19,20,21). The molecule has 0 atom stereocenters. The molecule has 4 rings (SSSR count). The lowest BCUT2D eigenvalue weighted by molar-refractivity contribution is -0.169. The number of carbonyl (C=O) groups excluding carboxylic acids is 1. The molecule has 0 unspecified atom stereocenters. The van der Waals surface area contributed by atoms with Crippen LogP contribution in [0.1, 0.15) is 43.9 Å². The molecule has 0 saturated heterocycles. The second kappa shape index (κ2) is 5.93. The van der Waals surface area contributed by atoms with E-state index in [1.54, 1.807) is 11.3 Å². The van der Waals surface area contributed by atoms with Crippen LogP contribution >= 0.6 is 11.3 Å². The summed E-state index contributed by atoms with van der Waals surface area (Å²) in [6, 6.07) is 4.03. The molecule has 128 valence electrons. The summed E-state index contributed by atoms with van der Waals surface area (Å²) in [5, 5.41) is 17.5. The van der Waals surface area contributed by atoms with Crippen LogP contribution in [-0.2, 0) is 16.1 Å². The molecular formula is C16H21N5O2S. The Labute approximate surface area is 144 Å². The van der Waals surface area contributed by atoms with Crippen LogP contribution in [-0.4, -0.2) is 38.7 Å². The van der Waals surface area contributed by atoms with Crippen LogP contribution in [0.2, 0.25) is 0 Å². The molecule has 0 radical (unpaired) electrons. The van der Waals surface area contributed by atoms with Crippen molar-refractivity contribution in [2.75, 3.05) is 6.61 Å². The van der Waals surface area contributed by atoms with Gasteiger partial charge in [0.15, 0.2) is 0 Å². The Balaban J connectivity index is 1.43. The molecule has 2 aromatic rings. The summed E-state index contributed by atoms with van der Waals surface area (Å²) in [6.07, 6.45) is 5.59. The van der Waals surface area contributed by atoms with Crippen molar-refractivity contribution in [2.45, 2.75) is 51.1 Å². The third-order valence-corrected chi connectivity index (χ3v) is 6.34. The van der Waals surface area contributed by atoms with Crippen molar-refractivity contribution >= 4 is 17.3 Å². The van der Waals surface area contributed by atoms with Crippen molar-refractivity contribution in [2.24, 2.45) is 5.41 Å². The van der Waals surface area contributed by atoms with Gasteiger partial charge in [-0.15, -0.1) is 21.5 Å². The molecule has 1 spiro atoms. The van der Waals surface area contributed by atoms with Crippen LogP contribution in [0.3, 0.4) is 0 Å². The zero-order chi connectivity index (χ0) is 16.6. The molecule has 24 heavy (non-hydrogen) atoms. The summed E-state index contributed by atoms with van der Waals surface area (Å²) in [5.41, 5.74) is -0.113. The van der Waals surface area contributed by atoms with Crippen molar-refractivity contribution in [3.8, 4) is 10.7 Å². The van der Waals surface area contributed by atoms with Crippen LogP contribution < -0.4 is 5.32 Å². The Morgan fingerprint density at radius 3 is 2.88 bits per heavy atom. The predicted molar refractivity (Wildman–Crippen MR) is 89.2 cm³/mol. The van der Waals surface area contributed by atoms with E-state index in [4.69, 9.17) is 4.74 Å². The van der Waals surface area contributed by atoms with Gasteiger partial charge in [0.2, 0.25) is 5.82 Å². The summed E-state index contributed by atoms with van der Waals surface area (Å²) in [6.45, 7) is 2.94. The summed E-state index contributed by atoms with van der Waals surface area (Å²) >= 11 is 1.61. The highest BCUT2D eigenvalue weighted by molar-refractivity contribution is 7.15. The molecule has 8 heteroatoms. The number of H-pyrrole nitrogens is 1. The van der Waals surface area contributed by atoms with Crippen LogP contribution in [0.5, 0.6) is 0 Å². The molecule has 2 N–H and O–H groups in total. The first-order valence-electron chi connectivity index (χ1n) is 8.40. The average Bonchev–Trinajstić information content (AvgIpc) is 3.16. The SMILES string of the molecule is CCOC(=O)C1(NCc2ccc(-c3nn[nH]n3)s2)CC2(CCC2)C1. The van der Waals surface area contributed by atoms with Gasteiger partial charge in [-0.1, -0.05) is 6.42 Å². The highest BCUT2D eigenvalue weighted by Crippen LogP contribution is 2.60. The quantitative estimate of drug-likeness (QED) is 0.779. The number of tetrazole rings is 1. The number of nitrogens with zero attached hydrogens (tertiary/aromatic N) is 3. The molecule has 2 fully saturated rings. The molecule has 2 aliphatic carbocycles. The Kier molecular flexibility index (Phi) is 3.88. The third-order valence-electron chi connectivity index (χ3n) is 5.26. The minimum atomic E-state index is -0.507. The topological polar surface area (TPSA) is 92.8 Å². The number of esters is 1. The van der Waals surface area contributed by atoms with Gasteiger partial charge in [-0.2, -0.15) is 5.21 Å². The number of aromatic amines is 1. The van der Waals surface area contributed by atoms with E-state index in [-0.39, 0.29) is 5.97 Å². The van der Waals surface area contributed by atoms with Crippen molar-refractivity contribution in [3.63, 3.8) is 0 Å². The van der Waals surface area contributed by atoms with E-state index >= 15 is 0 Å². The van der Waals surface area contributed by atoms with Gasteiger partial charge in [0.1, 0.15) is 5.54 Å². The lowest BCUT2D eigenvalue weighted by atomic mass is 9.48. The van der Waals surface area contributed by atoms with Crippen molar-refractivity contribution in [3.05, 3.63) is 17.0 Å². The number of ether oxygens (including phenoxy) is 1. The van der Waals surface area contributed by atoms with Crippen molar-refractivity contribution in [1.82, 2.24) is 25.9 Å². The maximum absolute atomic E-state index is 12.5. The predicted octanol–water partition coefficient (Wildman–Crippen LogP) is 2.28. The van der Waals surface area contributed by atoms with E-state index < -0.39 is 5.54 Å². The van der Waals surface area contributed by atoms with Crippen LogP contribution in [0.15, 0.2) is 12.1 Å². The van der Waals surface area contributed by atoms with Gasteiger partial charge in [0.25, 0.3) is 0 Å². The molecule has 0 aliphatic heterocycles. The van der Waals surface area contributed by atoms with Gasteiger partial charge in [-0.3, -0.25) is 10.1 Å². The number of hydrogen-bond donors (Lipinski definition) is 2. The number of rotatable bonds is 6. The number of nitrogens with one attached hydrogen (secondary N) is 2. The van der Waals surface area contributed by atoms with Crippen molar-refractivity contribution in [1.29, 1.82) is 0 Å². The van der Waals surface area contributed by atoms with Crippen LogP contribution in [0.25, 0.3) is 10.7 Å². The smallest absolute Gasteiger partial charge is 0.326 e. The number of hydrogen-bond acceptors (Lipinski definition) is 7. The summed E-state index contributed by atoms with van der Waals surface area (Å²) in [7, 11) is 0. The molecule has 7 nitrogen and oxygen atoms in total. The number of aromatic nitrogens is 4. The highest BCUT2D eigenvalue weighted by Gasteiger charge is 2.61. The fourth-order valence-electron chi connectivity index (χ4n) is 3.99. The summed E-state index contributed by atoms with van der Waals surface area (Å²) in [5.74, 6) is 0.501. The number of thiophene rings is 1. The second-order valence-electron chi connectivity index (χ2n) is 6.86. The lowest BCUT2D eigenvalue weighted by Gasteiger charge is -2.59. The van der Waals surface area contributed by atoms with E-state index in [9.17, 15) is 4.79 Å². The first-order valence-corrected chi connectivity index (χ1v) is 9.21. The Morgan fingerprint density at radius 2 is 2.25 bits per heavy atom. The number of carbonyl (C=O) groups is 1. The summed E-state index contributed by atoms with van der Waals surface area (Å²) < 4.78 is 5.33. The third kappa shape index (κ3) is 2.63. The average molecular weight is 347 g/mol. The van der Waals surface area contributed by atoms with E-state index in [0.717, 1.165) is 22.6 Å². The van der Waals surface area contributed by atoms with E-state index in [1.165, 1.54) is 19.3 Å². The van der Waals surface area contributed by atoms with Gasteiger partial charge in [0.05, 0.1) is 11.5 Å². The van der Waals surface area contributed by atoms with Gasteiger partial charge in [-0.25, -0.2) is 0 Å². The minimum Gasteiger partial charge on any atom is -0.465 e. The van der Waals surface area contributed by atoms with Gasteiger partial charge < -0.3 is 4.74 Å². The van der Waals surface area contributed by atoms with Gasteiger partial charge in [0, 0.05) is 11.4 Å². The Hall–Kier alpha value is -1.80. The lowest BCUT2D eigenvalue weighted by Crippen LogP contribution is -2.67. The monoisotopic (exact) mass is 347 g/mol. The second-order valence-corrected chi connectivity index (χ2v) is 8.03. The summed E-state index contributed by atoms with van der Waals surface area (Å²) in [4.78, 5) is 14.6. The molecule has 2 aliphatic rings. The molecule has 2 saturated carbocycles. The van der Waals surface area contributed by atoms with Gasteiger partial charge in [-0.05, 0) is 55.4 Å². The zero-order valence-corrected chi connectivity index (χ0v) is 14.5. The van der Waals surface area contributed by atoms with Crippen LogP contribution in [0, 0.1) is 5.41 Å². The van der Waals surface area contributed by atoms with Gasteiger partial charge >= 0.3 is 5.97 Å². The Morgan fingerprint density at radius 1 is 1.42 bits per heavy atom. The van der Waals surface area contributed by atoms with E-state index in [2.05, 4.69) is 25.9 Å². The van der Waals surface area contributed by atoms with E-state index in [0.29, 0.717) is 24.4 Å². The minimum absolute atomic E-state index is 0.0996. The fourth-order valence-corrected chi connectivity index (χ4v) is 4.86. The molecule has 0 bridgehead atoms. The highest BCUT2D eigenvalue weighted by atomic mass is 32.1. The maximum atomic E-state index is 12.5. The normalized spacial score (nSPS) is 20.4. The molecule has 2 aromatic heterocycles. The molecule has 0 aromatic carbocycles. The molecule has 0 amide bonds. The molecule has 2 heterocycles. The Bertz CT molecular complexity index is 715. The van der Waals surface area contributed by atoms with E-state index in [1.807, 2.05) is 19.1 Å².